The second-order valence-corrected chi connectivity index (χ2v) is 2.57. The van der Waals surface area contributed by atoms with Gasteiger partial charge in [0.25, 0.3) is 0 Å². The summed E-state index contributed by atoms with van der Waals surface area (Å²) in [4.78, 5) is 14.3. The van der Waals surface area contributed by atoms with Crippen LogP contribution < -0.4 is 5.73 Å². The van der Waals surface area contributed by atoms with Gasteiger partial charge in [-0.3, -0.25) is 4.79 Å². The zero-order chi connectivity index (χ0) is 9.72. The molecule has 0 amide bonds. The highest BCUT2D eigenvalue weighted by Gasteiger charge is 2.03. The van der Waals surface area contributed by atoms with Crippen LogP contribution in [0.5, 0.6) is 0 Å². The molecule has 0 heterocycles. The molecular formula is C7H10N2O2S. The van der Waals surface area contributed by atoms with E-state index in [1.165, 1.54) is 13.8 Å². The predicted octanol–water partition coefficient (Wildman–Crippen LogP) is 0.722. The van der Waals surface area contributed by atoms with Crippen LogP contribution in [0.1, 0.15) is 13.8 Å². The van der Waals surface area contributed by atoms with Crippen molar-refractivity contribution in [1.82, 2.24) is 0 Å². The third kappa shape index (κ3) is 3.82. The van der Waals surface area contributed by atoms with Crippen molar-refractivity contribution in [2.45, 2.75) is 13.8 Å². The summed E-state index contributed by atoms with van der Waals surface area (Å²) in [5.74, 6) is -0.377. The third-order valence-electron chi connectivity index (χ3n) is 1.09. The number of aliphatic imine (C=N–C) groups is 1. The Morgan fingerprint density at radius 2 is 2.08 bits per heavy atom. The maximum atomic E-state index is 10.8. The molecule has 0 atom stereocenters. The van der Waals surface area contributed by atoms with Crippen LogP contribution in [-0.2, 0) is 4.79 Å². The van der Waals surface area contributed by atoms with Gasteiger partial charge in [0.1, 0.15) is 5.76 Å². The van der Waals surface area contributed by atoms with E-state index in [1.807, 2.05) is 0 Å². The monoisotopic (exact) mass is 186 g/mol. The van der Waals surface area contributed by atoms with Crippen LogP contribution >= 0.6 is 12.2 Å². The highest BCUT2D eigenvalue weighted by molar-refractivity contribution is 7.80. The van der Waals surface area contributed by atoms with Crippen LogP contribution in [-0.4, -0.2) is 22.2 Å². The average molecular weight is 186 g/mol. The van der Waals surface area contributed by atoms with Crippen molar-refractivity contribution in [3.8, 4) is 0 Å². The van der Waals surface area contributed by atoms with E-state index < -0.39 is 0 Å². The normalized spacial score (nSPS) is 12.8. The minimum atomic E-state index is -0.282. The van der Waals surface area contributed by atoms with E-state index in [0.717, 1.165) is 6.21 Å². The molecule has 0 bridgehead atoms. The van der Waals surface area contributed by atoms with E-state index >= 15 is 0 Å². The number of rotatable bonds is 2. The van der Waals surface area contributed by atoms with Gasteiger partial charge in [0, 0.05) is 6.21 Å². The number of thiocarbonyl (C=S) groups is 1. The Morgan fingerprint density at radius 1 is 1.58 bits per heavy atom. The number of aliphatic hydroxyl groups excluding tert-OH is 1. The van der Waals surface area contributed by atoms with Gasteiger partial charge in [-0.1, -0.05) is 0 Å². The molecule has 0 fully saturated rings. The van der Waals surface area contributed by atoms with Crippen LogP contribution in [0.4, 0.5) is 0 Å². The van der Waals surface area contributed by atoms with E-state index in [0.29, 0.717) is 0 Å². The molecular weight excluding hydrogens is 176 g/mol. The molecule has 0 aromatic carbocycles. The van der Waals surface area contributed by atoms with Gasteiger partial charge in [-0.15, -0.1) is 0 Å². The molecule has 3 N–H and O–H groups in total. The first-order valence-corrected chi connectivity index (χ1v) is 3.60. The maximum Gasteiger partial charge on any atom is 0.190 e. The van der Waals surface area contributed by atoms with Crippen molar-refractivity contribution < 1.29 is 9.90 Å². The zero-order valence-electron chi connectivity index (χ0n) is 6.87. The van der Waals surface area contributed by atoms with Gasteiger partial charge in [-0.05, 0) is 26.1 Å². The topological polar surface area (TPSA) is 75.7 Å². The van der Waals surface area contributed by atoms with E-state index in [4.69, 9.17) is 10.8 Å². The predicted molar refractivity (Wildman–Crippen MR) is 51.3 cm³/mol. The van der Waals surface area contributed by atoms with Crippen molar-refractivity contribution in [2.75, 3.05) is 0 Å². The zero-order valence-corrected chi connectivity index (χ0v) is 7.68. The van der Waals surface area contributed by atoms with E-state index in [-0.39, 0.29) is 22.2 Å². The van der Waals surface area contributed by atoms with Gasteiger partial charge in [0.05, 0.1) is 5.57 Å². The molecule has 0 radical (unpaired) electrons. The summed E-state index contributed by atoms with van der Waals surface area (Å²) in [6.07, 6.45) is 1.15. The Kier molecular flexibility index (Phi) is 4.14. The molecule has 0 saturated heterocycles. The SMILES string of the molecule is CC(=O)C(/C=N/C(N)=S)=C(\C)O. The highest BCUT2D eigenvalue weighted by atomic mass is 32.1. The number of ketones is 1. The molecule has 0 aromatic rings. The molecule has 5 heteroatoms. The van der Waals surface area contributed by atoms with Crippen LogP contribution in [0.15, 0.2) is 16.3 Å². The minimum Gasteiger partial charge on any atom is -0.512 e. The lowest BCUT2D eigenvalue weighted by molar-refractivity contribution is -0.113. The number of carbonyl (C=O) groups is 1. The second kappa shape index (κ2) is 4.61. The molecule has 0 rings (SSSR count). The van der Waals surface area contributed by atoms with Crippen LogP contribution in [0, 0.1) is 0 Å². The maximum absolute atomic E-state index is 10.8. The van der Waals surface area contributed by atoms with E-state index in [2.05, 4.69) is 17.2 Å². The number of nitrogens with two attached hydrogens (primary N) is 1. The van der Waals surface area contributed by atoms with Crippen LogP contribution in [0.2, 0.25) is 0 Å². The smallest absolute Gasteiger partial charge is 0.190 e. The lowest BCUT2D eigenvalue weighted by Crippen LogP contribution is -2.07. The Labute approximate surface area is 75.8 Å². The molecule has 0 saturated carbocycles. The third-order valence-corrected chi connectivity index (χ3v) is 1.20. The Morgan fingerprint density at radius 3 is 2.33 bits per heavy atom. The number of allylic oxidation sites excluding steroid dienone is 2. The number of nitrogens with zero attached hydrogens (tertiary/aromatic N) is 1. The first-order valence-electron chi connectivity index (χ1n) is 3.19. The quantitative estimate of drug-likeness (QED) is 0.288. The summed E-state index contributed by atoms with van der Waals surface area (Å²) in [6.45, 7) is 2.71. The number of Topliss-reactive ketones (excluding diaryl/α,β-unsaturated/α-hetero) is 1. The molecule has 66 valence electrons. The summed E-state index contributed by atoms with van der Waals surface area (Å²) in [6, 6.07) is 0. The molecule has 0 unspecified atom stereocenters. The molecule has 0 spiro atoms. The van der Waals surface area contributed by atoms with Crippen molar-refractivity contribution in [2.24, 2.45) is 10.7 Å². The largest absolute Gasteiger partial charge is 0.512 e. The Hall–Kier alpha value is -1.23. The fourth-order valence-electron chi connectivity index (χ4n) is 0.567. The van der Waals surface area contributed by atoms with Gasteiger partial charge in [-0.25, -0.2) is 4.99 Å². The fourth-order valence-corrected chi connectivity index (χ4v) is 0.620. The van der Waals surface area contributed by atoms with E-state index in [9.17, 15) is 4.79 Å². The number of hydrogen-bond acceptors (Lipinski definition) is 3. The first-order chi connectivity index (χ1) is 5.45. The van der Waals surface area contributed by atoms with Crippen molar-refractivity contribution >= 4 is 29.3 Å². The first kappa shape index (κ1) is 10.8. The molecule has 0 aromatic heterocycles. The van der Waals surface area contributed by atoms with Crippen molar-refractivity contribution in [3.05, 3.63) is 11.3 Å². The second-order valence-electron chi connectivity index (χ2n) is 2.15. The standard InChI is InChI=1S/C7H10N2O2S/c1-4(10)6(5(2)11)3-9-7(8)12/h3,10H,1-2H3,(H2,8,12)/b6-4+,9-3+. The average Bonchev–Trinajstić information content (AvgIpc) is 1.84. The minimum absolute atomic E-state index is 0.0741. The van der Waals surface area contributed by atoms with Gasteiger partial charge < -0.3 is 10.8 Å². The Balaban J connectivity index is 4.70. The van der Waals surface area contributed by atoms with Crippen molar-refractivity contribution in [1.29, 1.82) is 0 Å². The molecule has 12 heavy (non-hydrogen) atoms. The van der Waals surface area contributed by atoms with Gasteiger partial charge in [0.2, 0.25) is 0 Å². The molecule has 0 aliphatic rings. The summed E-state index contributed by atoms with van der Waals surface area (Å²) in [7, 11) is 0. The lowest BCUT2D eigenvalue weighted by atomic mass is 10.2. The summed E-state index contributed by atoms with van der Waals surface area (Å²) in [5.41, 5.74) is 5.17. The number of hydrogen-bond donors (Lipinski definition) is 2. The molecule has 0 aliphatic carbocycles. The van der Waals surface area contributed by atoms with Crippen LogP contribution in [0.3, 0.4) is 0 Å². The lowest BCUT2D eigenvalue weighted by Gasteiger charge is -1.96. The van der Waals surface area contributed by atoms with Gasteiger partial charge in [0.15, 0.2) is 10.9 Å². The van der Waals surface area contributed by atoms with Crippen LogP contribution in [0.25, 0.3) is 0 Å². The number of carbonyl (C=O) groups excluding carboxylic acids is 1. The fraction of sp³-hybridized carbons (Fsp3) is 0.286. The summed E-state index contributed by atoms with van der Waals surface area (Å²) < 4.78 is 0. The Bertz CT molecular complexity index is 265. The van der Waals surface area contributed by atoms with Crippen molar-refractivity contribution in [3.63, 3.8) is 0 Å². The van der Waals surface area contributed by atoms with Gasteiger partial charge >= 0.3 is 0 Å². The van der Waals surface area contributed by atoms with Gasteiger partial charge in [-0.2, -0.15) is 0 Å². The highest BCUT2D eigenvalue weighted by Crippen LogP contribution is 1.98. The number of aliphatic hydroxyl groups is 1. The van der Waals surface area contributed by atoms with E-state index in [1.54, 1.807) is 0 Å². The summed E-state index contributed by atoms with van der Waals surface area (Å²) in [5, 5.41) is 8.90. The molecule has 4 nitrogen and oxygen atoms in total. The molecule has 0 aliphatic heterocycles. The summed E-state index contributed by atoms with van der Waals surface area (Å²) >= 11 is 4.45.